The lowest BCUT2D eigenvalue weighted by Gasteiger charge is -2.24. The molecule has 0 bridgehead atoms. The van der Waals surface area contributed by atoms with Gasteiger partial charge in [-0.15, -0.1) is 0 Å². The van der Waals surface area contributed by atoms with Crippen LogP contribution in [0.1, 0.15) is 18.1 Å². The fourth-order valence-corrected chi connectivity index (χ4v) is 5.44. The van der Waals surface area contributed by atoms with Crippen LogP contribution in [0.5, 0.6) is 0 Å². The molecule has 13 heteroatoms. The van der Waals surface area contributed by atoms with Crippen molar-refractivity contribution in [2.45, 2.75) is 6.92 Å². The van der Waals surface area contributed by atoms with Gasteiger partial charge in [-0.3, -0.25) is 24.0 Å². The quantitative estimate of drug-likeness (QED) is 0.164. The Morgan fingerprint density at radius 3 is 2.33 bits per heavy atom. The minimum Gasteiger partial charge on any atom is -0.354 e. The normalized spacial score (nSPS) is 13.8. The first-order valence-corrected chi connectivity index (χ1v) is 14.8. The highest BCUT2D eigenvalue weighted by molar-refractivity contribution is 7.92. The number of hydrogen-bond acceptors (Lipinski definition) is 8. The predicted molar refractivity (Wildman–Crippen MR) is 163 cm³/mol. The van der Waals surface area contributed by atoms with Crippen molar-refractivity contribution in [3.8, 4) is 0 Å². The molecule has 0 aromatic heterocycles. The lowest BCUT2D eigenvalue weighted by Crippen LogP contribution is -2.43. The van der Waals surface area contributed by atoms with E-state index in [0.29, 0.717) is 47.0 Å². The van der Waals surface area contributed by atoms with E-state index in [4.69, 9.17) is 0 Å². The first-order valence-electron chi connectivity index (χ1n) is 13.2. The molecule has 2 amide bonds. The third kappa shape index (κ3) is 6.93. The van der Waals surface area contributed by atoms with Crippen LogP contribution in [0, 0.1) is 10.1 Å². The maximum Gasteiger partial charge on any atom is 0.270 e. The number of benzene rings is 3. The van der Waals surface area contributed by atoms with Crippen molar-refractivity contribution in [2.24, 2.45) is 0 Å². The van der Waals surface area contributed by atoms with Crippen LogP contribution in [0.15, 0.2) is 72.8 Å². The molecule has 3 aromatic carbocycles. The summed E-state index contributed by atoms with van der Waals surface area (Å²) in [6.07, 6.45) is 0. The molecule has 3 aromatic rings. The van der Waals surface area contributed by atoms with Crippen molar-refractivity contribution in [2.75, 3.05) is 54.4 Å². The molecular formula is C29H32N6O6S. The SMILES string of the molecule is CCS(=O)(=O)N(CC(=O)NCCN(C)C)c1ccc(N/C(=C2\C(=O)Nc3ccc([N+](=O)[O-])cc32)c2ccccc2)cc1. The number of nitrogens with zero attached hydrogens (tertiary/aromatic N) is 3. The number of rotatable bonds is 12. The predicted octanol–water partition coefficient (Wildman–Crippen LogP) is 3.36. The van der Waals surface area contributed by atoms with Gasteiger partial charge in [0.05, 0.1) is 27.6 Å². The van der Waals surface area contributed by atoms with E-state index in [9.17, 15) is 28.1 Å². The summed E-state index contributed by atoms with van der Waals surface area (Å²) in [7, 11) is -0.0262. The largest absolute Gasteiger partial charge is 0.354 e. The molecule has 3 N–H and O–H groups in total. The number of nitro benzene ring substituents is 1. The number of anilines is 3. The van der Waals surface area contributed by atoms with Crippen molar-refractivity contribution in [1.29, 1.82) is 0 Å². The number of carbonyl (C=O) groups excluding carboxylic acids is 2. The Morgan fingerprint density at radius 2 is 1.71 bits per heavy atom. The average molecular weight is 593 g/mol. The molecule has 1 heterocycles. The highest BCUT2D eigenvalue weighted by Crippen LogP contribution is 2.39. The Balaban J connectivity index is 1.68. The summed E-state index contributed by atoms with van der Waals surface area (Å²) < 4.78 is 26.8. The zero-order valence-electron chi connectivity index (χ0n) is 23.5. The van der Waals surface area contributed by atoms with Crippen LogP contribution in [0.25, 0.3) is 11.3 Å². The van der Waals surface area contributed by atoms with E-state index in [-0.39, 0.29) is 23.6 Å². The third-order valence-corrected chi connectivity index (χ3v) is 8.31. The first-order chi connectivity index (χ1) is 20.0. The number of carbonyl (C=O) groups is 2. The molecular weight excluding hydrogens is 560 g/mol. The van der Waals surface area contributed by atoms with Crippen LogP contribution in [-0.2, 0) is 19.6 Å². The van der Waals surface area contributed by atoms with Gasteiger partial charge in [-0.1, -0.05) is 30.3 Å². The Kier molecular flexibility index (Phi) is 9.23. The lowest BCUT2D eigenvalue weighted by molar-refractivity contribution is -0.384. The summed E-state index contributed by atoms with van der Waals surface area (Å²) in [5.41, 5.74) is 2.83. The second-order valence-electron chi connectivity index (χ2n) is 9.79. The molecule has 0 radical (unpaired) electrons. The second kappa shape index (κ2) is 12.8. The number of fused-ring (bicyclic) bond motifs is 1. The van der Waals surface area contributed by atoms with E-state index >= 15 is 0 Å². The van der Waals surface area contributed by atoms with Crippen LogP contribution in [0.3, 0.4) is 0 Å². The van der Waals surface area contributed by atoms with Gasteiger partial charge in [-0.05, 0) is 56.9 Å². The Bertz CT molecular complexity index is 1620. The summed E-state index contributed by atoms with van der Waals surface area (Å²) in [6.45, 7) is 2.13. The highest BCUT2D eigenvalue weighted by atomic mass is 32.2. The van der Waals surface area contributed by atoms with Gasteiger partial charge in [0.15, 0.2) is 0 Å². The Hall–Kier alpha value is -4.75. The molecule has 0 atom stereocenters. The molecule has 12 nitrogen and oxygen atoms in total. The standard InChI is InChI=1S/C29H32N6O6S/c1-4-42(40,41)34(19-26(36)30-16-17-33(2)3)22-12-10-21(11-13-22)31-28(20-8-6-5-7-9-20)27-24-18-23(35(38)39)14-15-25(24)32-29(27)37/h5-15,18,31H,4,16-17,19H2,1-3H3,(H,30,36)(H,32,37)/b28-27-. The van der Waals surface area contributed by atoms with Gasteiger partial charge in [-0.25, -0.2) is 8.42 Å². The zero-order chi connectivity index (χ0) is 30.4. The molecule has 4 rings (SSSR count). The number of likely N-dealkylation sites (N-methyl/N-ethyl adjacent to an activating group) is 1. The van der Waals surface area contributed by atoms with Crippen LogP contribution in [0.4, 0.5) is 22.7 Å². The van der Waals surface area contributed by atoms with E-state index in [2.05, 4.69) is 16.0 Å². The monoisotopic (exact) mass is 592 g/mol. The van der Waals surface area contributed by atoms with Crippen molar-refractivity contribution in [1.82, 2.24) is 10.2 Å². The Morgan fingerprint density at radius 1 is 1.02 bits per heavy atom. The van der Waals surface area contributed by atoms with E-state index in [1.165, 1.54) is 25.1 Å². The van der Waals surface area contributed by atoms with E-state index in [1.807, 2.05) is 25.1 Å². The molecule has 1 aliphatic heterocycles. The van der Waals surface area contributed by atoms with Crippen LogP contribution in [0.2, 0.25) is 0 Å². The van der Waals surface area contributed by atoms with Crippen LogP contribution < -0.4 is 20.3 Å². The van der Waals surface area contributed by atoms with Crippen molar-refractivity contribution < 1.29 is 22.9 Å². The third-order valence-electron chi connectivity index (χ3n) is 6.56. The number of nitro groups is 1. The van der Waals surface area contributed by atoms with Gasteiger partial charge in [-0.2, -0.15) is 0 Å². The van der Waals surface area contributed by atoms with Crippen LogP contribution >= 0.6 is 0 Å². The second-order valence-corrected chi connectivity index (χ2v) is 12.0. The molecule has 0 aliphatic carbocycles. The molecule has 0 saturated heterocycles. The summed E-state index contributed by atoms with van der Waals surface area (Å²) >= 11 is 0. The van der Waals surface area contributed by atoms with Crippen molar-refractivity contribution >= 4 is 55.9 Å². The van der Waals surface area contributed by atoms with Gasteiger partial charge in [0, 0.05) is 42.2 Å². The number of hydrogen-bond donors (Lipinski definition) is 3. The molecule has 42 heavy (non-hydrogen) atoms. The van der Waals surface area contributed by atoms with Crippen molar-refractivity contribution in [3.63, 3.8) is 0 Å². The highest BCUT2D eigenvalue weighted by Gasteiger charge is 2.30. The van der Waals surface area contributed by atoms with Gasteiger partial charge >= 0.3 is 0 Å². The van der Waals surface area contributed by atoms with Gasteiger partial charge in [0.2, 0.25) is 15.9 Å². The summed E-state index contributed by atoms with van der Waals surface area (Å²) in [4.78, 5) is 38.5. The summed E-state index contributed by atoms with van der Waals surface area (Å²) in [6, 6.07) is 19.6. The minimum absolute atomic E-state index is 0.150. The number of nitrogens with one attached hydrogen (secondary N) is 3. The average Bonchev–Trinajstić information content (AvgIpc) is 3.29. The van der Waals surface area contributed by atoms with Gasteiger partial charge in [0.25, 0.3) is 11.6 Å². The van der Waals surface area contributed by atoms with Gasteiger partial charge < -0.3 is 20.9 Å². The number of amides is 2. The number of sulfonamides is 1. The summed E-state index contributed by atoms with van der Waals surface area (Å²) in [5.74, 6) is -1.04. The van der Waals surface area contributed by atoms with Crippen LogP contribution in [-0.4, -0.2) is 69.5 Å². The van der Waals surface area contributed by atoms with E-state index < -0.39 is 26.8 Å². The maximum atomic E-state index is 13.1. The summed E-state index contributed by atoms with van der Waals surface area (Å²) in [5, 5.41) is 20.2. The molecule has 1 aliphatic rings. The fraction of sp³-hybridized carbons (Fsp3) is 0.241. The zero-order valence-corrected chi connectivity index (χ0v) is 24.3. The fourth-order valence-electron chi connectivity index (χ4n) is 4.37. The van der Waals surface area contributed by atoms with Gasteiger partial charge in [0.1, 0.15) is 6.54 Å². The molecule has 0 fully saturated rings. The van der Waals surface area contributed by atoms with E-state index in [1.54, 1.807) is 48.5 Å². The molecule has 220 valence electrons. The lowest BCUT2D eigenvalue weighted by atomic mass is 9.99. The molecule has 0 unspecified atom stereocenters. The van der Waals surface area contributed by atoms with E-state index in [0.717, 1.165) is 4.31 Å². The topological polar surface area (TPSA) is 154 Å². The Labute approximate surface area is 244 Å². The molecule has 0 saturated carbocycles. The first kappa shape index (κ1) is 30.2. The minimum atomic E-state index is -3.77. The number of non-ortho nitro benzene ring substituents is 1. The maximum absolute atomic E-state index is 13.1. The smallest absolute Gasteiger partial charge is 0.270 e. The van der Waals surface area contributed by atoms with Crippen molar-refractivity contribution in [3.05, 3.63) is 94.0 Å². The molecule has 0 spiro atoms.